The molecule has 0 saturated carbocycles. The van der Waals surface area contributed by atoms with E-state index in [1.807, 2.05) is 70.2 Å². The van der Waals surface area contributed by atoms with Crippen LogP contribution in [0.15, 0.2) is 65.6 Å². The number of sulfonamides is 1. The minimum atomic E-state index is -3.96. The lowest BCUT2D eigenvalue weighted by Gasteiger charge is -2.21. The number of hydrogen-bond donors (Lipinski definition) is 2. The average molecular weight is 481 g/mol. The van der Waals surface area contributed by atoms with Gasteiger partial charge in [0.05, 0.1) is 11.5 Å². The molecule has 6 nitrogen and oxygen atoms in total. The van der Waals surface area contributed by atoms with Crippen molar-refractivity contribution in [2.45, 2.75) is 52.0 Å². The van der Waals surface area contributed by atoms with Gasteiger partial charge in [-0.15, -0.1) is 0 Å². The minimum absolute atomic E-state index is 0.0852. The van der Waals surface area contributed by atoms with Crippen molar-refractivity contribution in [2.24, 2.45) is 0 Å². The fraction of sp³-hybridized carbons (Fsp3) is 0.296. The van der Waals surface area contributed by atoms with Crippen molar-refractivity contribution in [3.63, 3.8) is 0 Å². The number of anilines is 1. The number of rotatable bonds is 9. The van der Waals surface area contributed by atoms with E-state index < -0.39 is 22.0 Å². The number of carbonyl (C=O) groups excluding carboxylic acids is 1. The third-order valence-corrected chi connectivity index (χ3v) is 7.05. The quantitative estimate of drug-likeness (QED) is 0.459. The summed E-state index contributed by atoms with van der Waals surface area (Å²) in [7, 11) is -3.96. The van der Waals surface area contributed by atoms with E-state index >= 15 is 0 Å². The van der Waals surface area contributed by atoms with Gasteiger partial charge in [-0.1, -0.05) is 48.0 Å². The molecule has 3 rings (SSSR count). The zero-order valence-corrected chi connectivity index (χ0v) is 21.1. The predicted molar refractivity (Wildman–Crippen MR) is 136 cm³/mol. The van der Waals surface area contributed by atoms with Crippen LogP contribution in [0.3, 0.4) is 0 Å². The summed E-state index contributed by atoms with van der Waals surface area (Å²) in [6, 6.07) is 17.0. The van der Waals surface area contributed by atoms with Gasteiger partial charge in [0.25, 0.3) is 0 Å². The fourth-order valence-corrected chi connectivity index (χ4v) is 5.27. The van der Waals surface area contributed by atoms with Crippen LogP contribution in [0.2, 0.25) is 0 Å². The van der Waals surface area contributed by atoms with Crippen molar-refractivity contribution in [3.05, 3.63) is 88.5 Å². The number of ether oxygens (including phenoxy) is 1. The molecule has 0 fully saturated rings. The van der Waals surface area contributed by atoms with Crippen LogP contribution >= 0.6 is 0 Å². The molecule has 0 bridgehead atoms. The van der Waals surface area contributed by atoms with E-state index in [0.29, 0.717) is 23.6 Å². The van der Waals surface area contributed by atoms with E-state index in [9.17, 15) is 13.2 Å². The van der Waals surface area contributed by atoms with E-state index in [1.54, 1.807) is 19.1 Å². The highest BCUT2D eigenvalue weighted by molar-refractivity contribution is 7.89. The van der Waals surface area contributed by atoms with Gasteiger partial charge in [0.15, 0.2) is 0 Å². The zero-order valence-electron chi connectivity index (χ0n) is 20.3. The van der Waals surface area contributed by atoms with Crippen LogP contribution in [0, 0.1) is 27.7 Å². The first-order valence-electron chi connectivity index (χ1n) is 11.3. The van der Waals surface area contributed by atoms with Gasteiger partial charge in [0.2, 0.25) is 15.9 Å². The Hall–Kier alpha value is -3.16. The Morgan fingerprint density at radius 3 is 2.15 bits per heavy atom. The monoisotopic (exact) mass is 480 g/mol. The lowest BCUT2D eigenvalue weighted by Crippen LogP contribution is -2.45. The smallest absolute Gasteiger partial charge is 0.242 e. The van der Waals surface area contributed by atoms with Crippen molar-refractivity contribution in [1.82, 2.24) is 4.72 Å². The van der Waals surface area contributed by atoms with Crippen molar-refractivity contribution in [3.8, 4) is 5.75 Å². The van der Waals surface area contributed by atoms with Crippen LogP contribution in [0.4, 0.5) is 5.69 Å². The van der Waals surface area contributed by atoms with Gasteiger partial charge in [-0.3, -0.25) is 4.79 Å². The molecule has 0 saturated heterocycles. The second-order valence-corrected chi connectivity index (χ2v) is 10.2. The second kappa shape index (κ2) is 10.8. The van der Waals surface area contributed by atoms with E-state index in [0.717, 1.165) is 22.3 Å². The first-order valence-corrected chi connectivity index (χ1v) is 12.8. The fourth-order valence-electron chi connectivity index (χ4n) is 3.99. The van der Waals surface area contributed by atoms with Crippen molar-refractivity contribution < 1.29 is 17.9 Å². The molecule has 3 aromatic rings. The van der Waals surface area contributed by atoms with Gasteiger partial charge < -0.3 is 10.1 Å². The van der Waals surface area contributed by atoms with E-state index in [2.05, 4.69) is 10.0 Å². The second-order valence-electron chi connectivity index (χ2n) is 8.49. The molecule has 0 aromatic heterocycles. The zero-order chi connectivity index (χ0) is 24.9. The summed E-state index contributed by atoms with van der Waals surface area (Å²) in [5.41, 5.74) is 5.21. The summed E-state index contributed by atoms with van der Waals surface area (Å²) in [6.45, 7) is 10.00. The number of aryl methyl sites for hydroxylation is 4. The molecule has 1 amide bonds. The predicted octanol–water partition coefficient (Wildman–Crippen LogP) is 4.85. The van der Waals surface area contributed by atoms with Crippen LogP contribution in [0.1, 0.15) is 34.7 Å². The molecule has 3 aromatic carbocycles. The topological polar surface area (TPSA) is 84.5 Å². The van der Waals surface area contributed by atoms with Crippen molar-refractivity contribution in [2.75, 3.05) is 11.9 Å². The third kappa shape index (κ3) is 6.24. The molecule has 0 aliphatic rings. The number of hydrogen-bond acceptors (Lipinski definition) is 4. The molecule has 2 N–H and O–H groups in total. The molecular formula is C27H32N2O4S. The number of amides is 1. The maximum absolute atomic E-state index is 13.4. The summed E-state index contributed by atoms with van der Waals surface area (Å²) in [5.74, 6) is 0.218. The highest BCUT2D eigenvalue weighted by Gasteiger charge is 2.27. The first-order chi connectivity index (χ1) is 16.1. The molecule has 0 aliphatic heterocycles. The standard InChI is InChI=1S/C27H32N2O4S/c1-6-33-25-13-12-23(16-19(25)3)34(31,32)29-24(17-22-10-8-7-9-11-22)27(30)28-26-20(4)14-18(2)15-21(26)5/h7-16,24,29H,6,17H2,1-5H3,(H,28,30). The van der Waals surface area contributed by atoms with E-state index in [-0.39, 0.29) is 11.3 Å². The molecule has 1 atom stereocenters. The summed E-state index contributed by atoms with van der Waals surface area (Å²) in [6.07, 6.45) is 0.214. The number of carbonyl (C=O) groups is 1. The molecule has 180 valence electrons. The van der Waals surface area contributed by atoms with E-state index in [1.165, 1.54) is 6.07 Å². The van der Waals surface area contributed by atoms with E-state index in [4.69, 9.17) is 4.74 Å². The van der Waals surface area contributed by atoms with Crippen LogP contribution < -0.4 is 14.8 Å². The Balaban J connectivity index is 1.91. The summed E-state index contributed by atoms with van der Waals surface area (Å²) < 4.78 is 34.7. The summed E-state index contributed by atoms with van der Waals surface area (Å²) in [5, 5.41) is 2.95. The minimum Gasteiger partial charge on any atom is -0.494 e. The third-order valence-electron chi connectivity index (χ3n) is 5.58. The van der Waals surface area contributed by atoms with Gasteiger partial charge in [-0.05, 0) is 81.5 Å². The van der Waals surface area contributed by atoms with Gasteiger partial charge in [0.1, 0.15) is 11.8 Å². The average Bonchev–Trinajstić information content (AvgIpc) is 2.77. The van der Waals surface area contributed by atoms with Crippen LogP contribution in [0.25, 0.3) is 0 Å². The highest BCUT2D eigenvalue weighted by atomic mass is 32.2. The molecule has 7 heteroatoms. The highest BCUT2D eigenvalue weighted by Crippen LogP contribution is 2.24. The number of nitrogens with one attached hydrogen (secondary N) is 2. The SMILES string of the molecule is CCOc1ccc(S(=O)(=O)NC(Cc2ccccc2)C(=O)Nc2c(C)cc(C)cc2C)cc1C. The van der Waals surface area contributed by atoms with Crippen molar-refractivity contribution in [1.29, 1.82) is 0 Å². The molecule has 0 heterocycles. The Kier molecular flexibility index (Phi) is 8.12. The van der Waals surface area contributed by atoms with Gasteiger partial charge in [0, 0.05) is 5.69 Å². The van der Waals surface area contributed by atoms with Gasteiger partial charge in [-0.2, -0.15) is 4.72 Å². The molecule has 0 spiro atoms. The lowest BCUT2D eigenvalue weighted by molar-refractivity contribution is -0.117. The normalized spacial score (nSPS) is 12.3. The number of benzene rings is 3. The Labute approximate surface area is 202 Å². The maximum atomic E-state index is 13.4. The maximum Gasteiger partial charge on any atom is 0.242 e. The van der Waals surface area contributed by atoms with Crippen LogP contribution in [-0.4, -0.2) is 27.0 Å². The summed E-state index contributed by atoms with van der Waals surface area (Å²) >= 11 is 0. The van der Waals surface area contributed by atoms with Crippen LogP contribution in [0.5, 0.6) is 5.75 Å². The Morgan fingerprint density at radius 2 is 1.56 bits per heavy atom. The molecule has 0 radical (unpaired) electrons. The molecule has 1 unspecified atom stereocenters. The molecular weight excluding hydrogens is 448 g/mol. The van der Waals surface area contributed by atoms with Gasteiger partial charge in [-0.25, -0.2) is 8.42 Å². The first kappa shape index (κ1) is 25.5. The summed E-state index contributed by atoms with van der Waals surface area (Å²) in [4.78, 5) is 13.4. The Morgan fingerprint density at radius 1 is 0.912 bits per heavy atom. The lowest BCUT2D eigenvalue weighted by atomic mass is 10.0. The molecule has 34 heavy (non-hydrogen) atoms. The largest absolute Gasteiger partial charge is 0.494 e. The molecule has 0 aliphatic carbocycles. The Bertz CT molecular complexity index is 1250. The van der Waals surface area contributed by atoms with Gasteiger partial charge >= 0.3 is 0 Å². The van der Waals surface area contributed by atoms with Crippen molar-refractivity contribution >= 4 is 21.6 Å². The van der Waals surface area contributed by atoms with Crippen LogP contribution in [-0.2, 0) is 21.2 Å².